The molecule has 23 heavy (non-hydrogen) atoms. The molecule has 0 aromatic carbocycles. The zero-order chi connectivity index (χ0) is 17.2. The van der Waals surface area contributed by atoms with Gasteiger partial charge in [0.05, 0.1) is 7.11 Å². The van der Waals surface area contributed by atoms with E-state index in [9.17, 15) is 9.59 Å². The number of hydrogen-bond donors (Lipinski definition) is 1. The van der Waals surface area contributed by atoms with E-state index in [0.29, 0.717) is 12.1 Å². The number of amides is 1. The molecule has 2 aliphatic heterocycles. The lowest BCUT2D eigenvalue weighted by molar-refractivity contribution is -0.149. The van der Waals surface area contributed by atoms with Crippen molar-refractivity contribution < 1.29 is 14.3 Å². The zero-order valence-corrected chi connectivity index (χ0v) is 15.2. The largest absolute Gasteiger partial charge is 0.467 e. The van der Waals surface area contributed by atoms with Gasteiger partial charge in [-0.15, -0.1) is 0 Å². The third kappa shape index (κ3) is 4.06. The van der Waals surface area contributed by atoms with Crippen LogP contribution in [0, 0.1) is 11.3 Å². The molecule has 0 aromatic heterocycles. The third-order valence-corrected chi connectivity index (χ3v) is 5.33. The van der Waals surface area contributed by atoms with Crippen LogP contribution in [0.3, 0.4) is 0 Å². The summed E-state index contributed by atoms with van der Waals surface area (Å²) in [6.07, 6.45) is 5.40. The van der Waals surface area contributed by atoms with Crippen LogP contribution in [0.2, 0.25) is 0 Å². The lowest BCUT2D eigenvalue weighted by Crippen LogP contribution is -2.53. The molecule has 0 saturated carbocycles. The van der Waals surface area contributed by atoms with E-state index in [1.165, 1.54) is 20.0 Å². The first-order valence-electron chi connectivity index (χ1n) is 8.91. The SMILES string of the molecule is CCCN1C2CCC1CC(C(=O)N[C@H](C(=O)OC)C(C)(C)C)C2. The number of hydrogen-bond acceptors (Lipinski definition) is 4. The van der Waals surface area contributed by atoms with Gasteiger partial charge in [0.15, 0.2) is 0 Å². The fourth-order valence-corrected chi connectivity index (χ4v) is 4.12. The van der Waals surface area contributed by atoms with Crippen molar-refractivity contribution in [1.29, 1.82) is 0 Å². The van der Waals surface area contributed by atoms with Crippen LogP contribution < -0.4 is 5.32 Å². The fourth-order valence-electron chi connectivity index (χ4n) is 4.12. The van der Waals surface area contributed by atoms with Gasteiger partial charge in [0, 0.05) is 18.0 Å². The first kappa shape index (κ1) is 18.2. The van der Waals surface area contributed by atoms with Crippen molar-refractivity contribution >= 4 is 11.9 Å². The fraction of sp³-hybridized carbons (Fsp3) is 0.889. The Bertz CT molecular complexity index is 430. The molecule has 0 aliphatic carbocycles. The van der Waals surface area contributed by atoms with Gasteiger partial charge in [-0.2, -0.15) is 0 Å². The third-order valence-electron chi connectivity index (χ3n) is 5.33. The number of ether oxygens (including phenoxy) is 1. The highest BCUT2D eigenvalue weighted by molar-refractivity contribution is 5.86. The van der Waals surface area contributed by atoms with Crippen LogP contribution >= 0.6 is 0 Å². The summed E-state index contributed by atoms with van der Waals surface area (Å²) in [6, 6.07) is 0.484. The highest BCUT2D eigenvalue weighted by Gasteiger charge is 2.43. The number of carbonyl (C=O) groups is 2. The summed E-state index contributed by atoms with van der Waals surface area (Å²) in [6.45, 7) is 9.19. The van der Waals surface area contributed by atoms with Crippen LogP contribution in [-0.2, 0) is 14.3 Å². The predicted molar refractivity (Wildman–Crippen MR) is 89.9 cm³/mol. The van der Waals surface area contributed by atoms with Gasteiger partial charge in [-0.3, -0.25) is 9.69 Å². The maximum atomic E-state index is 12.7. The van der Waals surface area contributed by atoms with E-state index < -0.39 is 6.04 Å². The maximum Gasteiger partial charge on any atom is 0.328 e. The van der Waals surface area contributed by atoms with E-state index in [0.717, 1.165) is 25.8 Å². The Kier molecular flexibility index (Phi) is 5.71. The number of nitrogens with zero attached hydrogens (tertiary/aromatic N) is 1. The van der Waals surface area contributed by atoms with Gasteiger partial charge in [-0.1, -0.05) is 27.7 Å². The average Bonchev–Trinajstić information content (AvgIpc) is 2.72. The molecule has 0 spiro atoms. The van der Waals surface area contributed by atoms with Gasteiger partial charge in [0.25, 0.3) is 0 Å². The number of piperidine rings is 1. The van der Waals surface area contributed by atoms with Crippen molar-refractivity contribution in [3.63, 3.8) is 0 Å². The maximum absolute atomic E-state index is 12.7. The van der Waals surface area contributed by atoms with E-state index >= 15 is 0 Å². The zero-order valence-electron chi connectivity index (χ0n) is 15.2. The quantitative estimate of drug-likeness (QED) is 0.789. The van der Waals surface area contributed by atoms with E-state index in [1.807, 2.05) is 20.8 Å². The molecular weight excluding hydrogens is 292 g/mol. The van der Waals surface area contributed by atoms with Crippen molar-refractivity contribution in [1.82, 2.24) is 10.2 Å². The molecule has 0 radical (unpaired) electrons. The Labute approximate surface area is 140 Å². The topological polar surface area (TPSA) is 58.6 Å². The van der Waals surface area contributed by atoms with Gasteiger partial charge < -0.3 is 10.1 Å². The van der Waals surface area contributed by atoms with Crippen LogP contribution in [0.1, 0.15) is 59.8 Å². The number of esters is 1. The summed E-state index contributed by atoms with van der Waals surface area (Å²) in [7, 11) is 1.37. The standard InChI is InChI=1S/C18H32N2O3/c1-6-9-20-13-7-8-14(20)11-12(10-13)16(21)19-15(17(22)23-5)18(2,3)4/h12-15H,6-11H2,1-5H3,(H,19,21)/t12?,13?,14?,15-/m1/s1. The van der Waals surface area contributed by atoms with E-state index in [1.54, 1.807) is 0 Å². The molecule has 2 bridgehead atoms. The van der Waals surface area contributed by atoms with Crippen molar-refractivity contribution in [2.24, 2.45) is 11.3 Å². The molecule has 2 aliphatic rings. The van der Waals surface area contributed by atoms with Crippen LogP contribution in [-0.4, -0.2) is 48.6 Å². The van der Waals surface area contributed by atoms with Crippen LogP contribution in [0.25, 0.3) is 0 Å². The summed E-state index contributed by atoms with van der Waals surface area (Å²) in [5, 5.41) is 2.96. The number of fused-ring (bicyclic) bond motifs is 2. The van der Waals surface area contributed by atoms with Crippen LogP contribution in [0.4, 0.5) is 0 Å². The summed E-state index contributed by atoms with van der Waals surface area (Å²) in [5.41, 5.74) is -0.356. The molecule has 2 fully saturated rings. The first-order chi connectivity index (χ1) is 10.8. The molecule has 3 atom stereocenters. The summed E-state index contributed by atoms with van der Waals surface area (Å²) in [5.74, 6) is -0.323. The Morgan fingerprint density at radius 2 is 1.78 bits per heavy atom. The monoisotopic (exact) mass is 324 g/mol. The van der Waals surface area contributed by atoms with Crippen LogP contribution in [0.5, 0.6) is 0 Å². The second kappa shape index (κ2) is 7.20. The lowest BCUT2D eigenvalue weighted by atomic mass is 9.85. The molecule has 1 N–H and O–H groups in total. The highest BCUT2D eigenvalue weighted by atomic mass is 16.5. The number of nitrogens with one attached hydrogen (secondary N) is 1. The number of methoxy groups -OCH3 is 1. The Hall–Kier alpha value is -1.10. The van der Waals surface area contributed by atoms with Crippen molar-refractivity contribution in [2.75, 3.05) is 13.7 Å². The Morgan fingerprint density at radius 3 is 2.22 bits per heavy atom. The Morgan fingerprint density at radius 1 is 1.22 bits per heavy atom. The summed E-state index contributed by atoms with van der Waals surface area (Å²) >= 11 is 0. The van der Waals surface area contributed by atoms with Crippen molar-refractivity contribution in [3.05, 3.63) is 0 Å². The molecular formula is C18H32N2O3. The molecule has 1 amide bonds. The smallest absolute Gasteiger partial charge is 0.328 e. The molecule has 2 rings (SSSR count). The number of carbonyl (C=O) groups excluding carboxylic acids is 2. The minimum atomic E-state index is -0.591. The average molecular weight is 324 g/mol. The molecule has 2 saturated heterocycles. The van der Waals surface area contributed by atoms with E-state index in [-0.39, 0.29) is 23.2 Å². The van der Waals surface area contributed by atoms with E-state index in [4.69, 9.17) is 4.74 Å². The van der Waals surface area contributed by atoms with Crippen LogP contribution in [0.15, 0.2) is 0 Å². The molecule has 0 aromatic rings. The first-order valence-corrected chi connectivity index (χ1v) is 8.91. The minimum Gasteiger partial charge on any atom is -0.467 e. The normalized spacial score (nSPS) is 29.2. The van der Waals surface area contributed by atoms with E-state index in [2.05, 4.69) is 17.1 Å². The van der Waals surface area contributed by atoms with Crippen molar-refractivity contribution in [2.45, 2.75) is 77.9 Å². The van der Waals surface area contributed by atoms with Gasteiger partial charge in [0.2, 0.25) is 5.91 Å². The highest BCUT2D eigenvalue weighted by Crippen LogP contribution is 2.39. The van der Waals surface area contributed by atoms with Crippen molar-refractivity contribution in [3.8, 4) is 0 Å². The second-order valence-electron chi connectivity index (χ2n) is 8.12. The molecule has 5 nitrogen and oxygen atoms in total. The molecule has 2 heterocycles. The Balaban J connectivity index is 2.00. The summed E-state index contributed by atoms with van der Waals surface area (Å²) < 4.78 is 4.87. The molecule has 132 valence electrons. The minimum absolute atomic E-state index is 0.0170. The predicted octanol–water partition coefficient (Wildman–Crippen LogP) is 2.34. The van der Waals surface area contributed by atoms with Gasteiger partial charge in [-0.25, -0.2) is 4.79 Å². The number of rotatable bonds is 5. The lowest BCUT2D eigenvalue weighted by Gasteiger charge is -2.39. The second-order valence-corrected chi connectivity index (χ2v) is 8.12. The molecule has 5 heteroatoms. The van der Waals surface area contributed by atoms with Gasteiger partial charge in [-0.05, 0) is 44.1 Å². The van der Waals surface area contributed by atoms with Gasteiger partial charge in [0.1, 0.15) is 6.04 Å². The summed E-state index contributed by atoms with van der Waals surface area (Å²) in [4.78, 5) is 27.3. The van der Waals surface area contributed by atoms with Gasteiger partial charge >= 0.3 is 5.97 Å². The molecule has 2 unspecified atom stereocenters.